The summed E-state index contributed by atoms with van der Waals surface area (Å²) in [6, 6.07) is 9.08. The molecule has 4 heteroatoms. The third-order valence-electron chi connectivity index (χ3n) is 5.98. The molecule has 2 amide bonds. The van der Waals surface area contributed by atoms with Gasteiger partial charge in [0.15, 0.2) is 0 Å². The fourth-order valence-corrected chi connectivity index (χ4v) is 3.62. The van der Waals surface area contributed by atoms with E-state index in [4.69, 9.17) is 0 Å². The first-order chi connectivity index (χ1) is 12.0. The third-order valence-corrected chi connectivity index (χ3v) is 5.98. The Morgan fingerprint density at radius 2 is 1.76 bits per heavy atom. The van der Waals surface area contributed by atoms with Crippen LogP contribution in [0.1, 0.15) is 50.7 Å². The maximum atomic E-state index is 12.3. The smallest absolute Gasteiger partial charge is 0.317 e. The van der Waals surface area contributed by atoms with E-state index in [1.807, 2.05) is 11.9 Å². The Morgan fingerprint density at radius 1 is 1.16 bits per heavy atom. The second-order valence-corrected chi connectivity index (χ2v) is 8.12. The van der Waals surface area contributed by atoms with Gasteiger partial charge in [-0.2, -0.15) is 0 Å². The number of nitrogens with one attached hydrogen (secondary N) is 1. The molecule has 1 unspecified atom stereocenters. The fraction of sp³-hybridized carbons (Fsp3) is 0.667. The number of carbonyl (C=O) groups is 1. The summed E-state index contributed by atoms with van der Waals surface area (Å²) in [5, 5.41) is 3.04. The molecule has 0 bridgehead atoms. The predicted molar refractivity (Wildman–Crippen MR) is 102 cm³/mol. The molecule has 4 nitrogen and oxygen atoms in total. The van der Waals surface area contributed by atoms with Gasteiger partial charge < -0.3 is 10.2 Å². The van der Waals surface area contributed by atoms with Crippen LogP contribution in [0.5, 0.6) is 0 Å². The highest BCUT2D eigenvalue weighted by molar-refractivity contribution is 5.74. The zero-order chi connectivity index (χ0) is 17.8. The van der Waals surface area contributed by atoms with Crippen molar-refractivity contribution >= 4 is 6.03 Å². The first kappa shape index (κ1) is 18.2. The Bertz CT molecular complexity index is 559. The first-order valence-corrected chi connectivity index (χ1v) is 9.83. The van der Waals surface area contributed by atoms with Gasteiger partial charge in [-0.3, -0.25) is 4.90 Å². The number of nitrogens with zero attached hydrogens (tertiary/aromatic N) is 2. The van der Waals surface area contributed by atoms with Crippen molar-refractivity contribution in [3.63, 3.8) is 0 Å². The number of benzene rings is 1. The summed E-state index contributed by atoms with van der Waals surface area (Å²) in [4.78, 5) is 16.7. The topological polar surface area (TPSA) is 35.6 Å². The summed E-state index contributed by atoms with van der Waals surface area (Å²) in [6.45, 7) is 8.56. The van der Waals surface area contributed by atoms with Crippen LogP contribution >= 0.6 is 0 Å². The Balaban J connectivity index is 1.43. The molecule has 1 aliphatic heterocycles. The highest BCUT2D eigenvalue weighted by atomic mass is 16.2. The molecule has 1 aliphatic carbocycles. The Labute approximate surface area is 152 Å². The second kappa shape index (κ2) is 8.22. The van der Waals surface area contributed by atoms with Crippen molar-refractivity contribution in [2.24, 2.45) is 11.8 Å². The summed E-state index contributed by atoms with van der Waals surface area (Å²) in [6.07, 6.45) is 5.15. The predicted octanol–water partition coefficient (Wildman–Crippen LogP) is 3.86. The molecule has 0 radical (unpaired) electrons. The van der Waals surface area contributed by atoms with Crippen molar-refractivity contribution < 1.29 is 4.79 Å². The molecule has 25 heavy (non-hydrogen) atoms. The number of hydrogen-bond acceptors (Lipinski definition) is 2. The third kappa shape index (κ3) is 5.21. The Kier molecular flexibility index (Phi) is 6.00. The fourth-order valence-electron chi connectivity index (χ4n) is 3.62. The highest BCUT2D eigenvalue weighted by Crippen LogP contribution is 2.34. The van der Waals surface area contributed by atoms with E-state index in [0.717, 1.165) is 18.0 Å². The SMILES string of the molecule is CC1CCN(Cc2ccc(CNC(=O)N(C)C(C)C3CC3)cc2)CC1. The van der Waals surface area contributed by atoms with E-state index in [1.165, 1.54) is 44.3 Å². The molecule has 1 saturated carbocycles. The minimum atomic E-state index is 0.0333. The van der Waals surface area contributed by atoms with Crippen molar-refractivity contribution in [3.8, 4) is 0 Å². The molecule has 1 aromatic carbocycles. The molecule has 1 aromatic rings. The van der Waals surface area contributed by atoms with E-state index < -0.39 is 0 Å². The molecule has 1 heterocycles. The van der Waals surface area contributed by atoms with Crippen LogP contribution in [0, 0.1) is 11.8 Å². The highest BCUT2D eigenvalue weighted by Gasteiger charge is 2.32. The number of rotatable bonds is 6. The van der Waals surface area contributed by atoms with Crippen LogP contribution in [0.15, 0.2) is 24.3 Å². The zero-order valence-electron chi connectivity index (χ0n) is 16.0. The lowest BCUT2D eigenvalue weighted by molar-refractivity contribution is 0.185. The molecular formula is C21H33N3O. The molecule has 0 spiro atoms. The van der Waals surface area contributed by atoms with Gasteiger partial charge in [-0.1, -0.05) is 31.2 Å². The maximum Gasteiger partial charge on any atom is 0.317 e. The standard InChI is InChI=1S/C21H33N3O/c1-16-10-12-24(13-11-16)15-19-6-4-18(5-7-19)14-22-21(25)23(3)17(2)20-8-9-20/h4-7,16-17,20H,8-15H2,1-3H3,(H,22,25). The van der Waals surface area contributed by atoms with Gasteiger partial charge in [0, 0.05) is 26.2 Å². The van der Waals surface area contributed by atoms with Crippen LogP contribution in [-0.2, 0) is 13.1 Å². The van der Waals surface area contributed by atoms with Crippen molar-refractivity contribution in [2.45, 2.75) is 58.7 Å². The molecule has 2 fully saturated rings. The molecular weight excluding hydrogens is 310 g/mol. The largest absolute Gasteiger partial charge is 0.334 e. The molecule has 2 aliphatic rings. The summed E-state index contributed by atoms with van der Waals surface area (Å²) in [5.74, 6) is 1.58. The number of likely N-dealkylation sites (tertiary alicyclic amines) is 1. The van der Waals surface area contributed by atoms with Crippen LogP contribution in [-0.4, -0.2) is 42.0 Å². The lowest BCUT2D eigenvalue weighted by Gasteiger charge is -2.30. The van der Waals surface area contributed by atoms with E-state index in [-0.39, 0.29) is 6.03 Å². The van der Waals surface area contributed by atoms with E-state index >= 15 is 0 Å². The molecule has 1 saturated heterocycles. The van der Waals surface area contributed by atoms with Crippen molar-refractivity contribution in [1.82, 2.24) is 15.1 Å². The molecule has 1 N–H and O–H groups in total. The molecule has 1 atom stereocenters. The molecule has 3 rings (SSSR count). The first-order valence-electron chi connectivity index (χ1n) is 9.83. The van der Waals surface area contributed by atoms with Crippen molar-refractivity contribution in [2.75, 3.05) is 20.1 Å². The number of urea groups is 1. The normalized spacial score (nSPS) is 20.3. The lowest BCUT2D eigenvalue weighted by atomic mass is 9.99. The summed E-state index contributed by atoms with van der Waals surface area (Å²) < 4.78 is 0. The average Bonchev–Trinajstić information content (AvgIpc) is 3.46. The van der Waals surface area contributed by atoms with Crippen molar-refractivity contribution in [1.29, 1.82) is 0 Å². The maximum absolute atomic E-state index is 12.3. The van der Waals surface area contributed by atoms with Gasteiger partial charge in [0.1, 0.15) is 0 Å². The summed E-state index contributed by atoms with van der Waals surface area (Å²) >= 11 is 0. The van der Waals surface area contributed by atoms with Gasteiger partial charge in [-0.05, 0) is 68.7 Å². The van der Waals surface area contributed by atoms with Gasteiger partial charge in [0.25, 0.3) is 0 Å². The quantitative estimate of drug-likeness (QED) is 0.851. The van der Waals surface area contributed by atoms with E-state index in [2.05, 4.69) is 48.3 Å². The summed E-state index contributed by atoms with van der Waals surface area (Å²) in [5.41, 5.74) is 2.53. The van der Waals surface area contributed by atoms with Gasteiger partial charge in [-0.25, -0.2) is 4.79 Å². The number of hydrogen-bond donors (Lipinski definition) is 1. The van der Waals surface area contributed by atoms with Crippen LogP contribution in [0.4, 0.5) is 4.79 Å². The average molecular weight is 344 g/mol. The van der Waals surface area contributed by atoms with Gasteiger partial charge in [-0.15, -0.1) is 0 Å². The lowest BCUT2D eigenvalue weighted by Crippen LogP contribution is -2.42. The Morgan fingerprint density at radius 3 is 2.36 bits per heavy atom. The number of piperidine rings is 1. The van der Waals surface area contributed by atoms with Crippen LogP contribution in [0.25, 0.3) is 0 Å². The van der Waals surface area contributed by atoms with E-state index in [1.54, 1.807) is 0 Å². The van der Waals surface area contributed by atoms with Crippen LogP contribution in [0.2, 0.25) is 0 Å². The monoisotopic (exact) mass is 343 g/mol. The van der Waals surface area contributed by atoms with Crippen molar-refractivity contribution in [3.05, 3.63) is 35.4 Å². The van der Waals surface area contributed by atoms with Gasteiger partial charge in [0.05, 0.1) is 0 Å². The molecule has 138 valence electrons. The van der Waals surface area contributed by atoms with E-state index in [0.29, 0.717) is 18.5 Å². The van der Waals surface area contributed by atoms with Crippen LogP contribution < -0.4 is 5.32 Å². The zero-order valence-corrected chi connectivity index (χ0v) is 16.0. The molecule has 0 aromatic heterocycles. The Hall–Kier alpha value is -1.55. The number of amides is 2. The van der Waals surface area contributed by atoms with E-state index in [9.17, 15) is 4.79 Å². The van der Waals surface area contributed by atoms with Gasteiger partial charge in [0.2, 0.25) is 0 Å². The minimum Gasteiger partial charge on any atom is -0.334 e. The number of carbonyl (C=O) groups excluding carboxylic acids is 1. The van der Waals surface area contributed by atoms with Crippen LogP contribution in [0.3, 0.4) is 0 Å². The second-order valence-electron chi connectivity index (χ2n) is 8.12. The van der Waals surface area contributed by atoms with Gasteiger partial charge >= 0.3 is 6.03 Å². The minimum absolute atomic E-state index is 0.0333. The summed E-state index contributed by atoms with van der Waals surface area (Å²) in [7, 11) is 1.90.